The Balaban J connectivity index is 1.97. The fourth-order valence-electron chi connectivity index (χ4n) is 3.80. The Morgan fingerprint density at radius 2 is 1.96 bits per heavy atom. The van der Waals surface area contributed by atoms with Crippen molar-refractivity contribution in [3.05, 3.63) is 32.8 Å². The zero-order chi connectivity index (χ0) is 19.8. The van der Waals surface area contributed by atoms with Crippen molar-refractivity contribution in [2.45, 2.75) is 44.3 Å². The van der Waals surface area contributed by atoms with Crippen molar-refractivity contribution in [3.63, 3.8) is 0 Å². The molecule has 2 aliphatic rings. The van der Waals surface area contributed by atoms with E-state index in [1.165, 1.54) is 0 Å². The Hall–Kier alpha value is -2.03. The summed E-state index contributed by atoms with van der Waals surface area (Å²) in [5, 5.41) is 10.9. The molecule has 0 saturated carbocycles. The van der Waals surface area contributed by atoms with Crippen LogP contribution in [0.15, 0.2) is 12.1 Å². The number of rotatable bonds is 4. The molecule has 6 nitrogen and oxygen atoms in total. The molecule has 27 heavy (non-hydrogen) atoms. The van der Waals surface area contributed by atoms with Gasteiger partial charge >= 0.3 is 6.18 Å². The summed E-state index contributed by atoms with van der Waals surface area (Å²) in [5.74, 6) is 0.0421. The number of halogens is 4. The van der Waals surface area contributed by atoms with E-state index >= 15 is 0 Å². The lowest BCUT2D eigenvalue weighted by molar-refractivity contribution is -0.384. The number of benzene rings is 1. The number of nitrogens with zero attached hydrogens (tertiary/aromatic N) is 3. The molecule has 0 aromatic heterocycles. The number of likely N-dealkylation sites (tertiary alicyclic amines) is 1. The van der Waals surface area contributed by atoms with Crippen LogP contribution in [0.5, 0.6) is 0 Å². The zero-order valence-electron chi connectivity index (χ0n) is 14.5. The SMILES string of the molecule is O=C1CCCN1C[C@H]1CCCCN1c1cc(Cl)c(C(F)(F)F)cc1[N+](=O)[O-]. The molecule has 0 N–H and O–H groups in total. The van der Waals surface area contributed by atoms with Gasteiger partial charge < -0.3 is 9.80 Å². The molecule has 0 unspecified atom stereocenters. The van der Waals surface area contributed by atoms with E-state index in [4.69, 9.17) is 11.6 Å². The highest BCUT2D eigenvalue weighted by Gasteiger charge is 2.38. The van der Waals surface area contributed by atoms with E-state index < -0.39 is 27.4 Å². The second kappa shape index (κ2) is 7.53. The second-order valence-electron chi connectivity index (χ2n) is 6.86. The molecule has 1 atom stereocenters. The molecule has 1 aromatic rings. The fourth-order valence-corrected chi connectivity index (χ4v) is 4.07. The summed E-state index contributed by atoms with van der Waals surface area (Å²) >= 11 is 5.82. The van der Waals surface area contributed by atoms with Crippen molar-refractivity contribution >= 4 is 28.9 Å². The Kier molecular flexibility index (Phi) is 5.50. The van der Waals surface area contributed by atoms with Crippen LogP contribution in [-0.2, 0) is 11.0 Å². The van der Waals surface area contributed by atoms with Crippen LogP contribution in [0, 0.1) is 10.1 Å². The minimum atomic E-state index is -4.77. The van der Waals surface area contributed by atoms with Gasteiger partial charge in [-0.05, 0) is 31.7 Å². The molecular formula is C17H19ClF3N3O3. The Morgan fingerprint density at radius 3 is 2.56 bits per heavy atom. The van der Waals surface area contributed by atoms with Crippen molar-refractivity contribution in [2.75, 3.05) is 24.5 Å². The summed E-state index contributed by atoms with van der Waals surface area (Å²) in [5.41, 5.74) is -1.76. The highest BCUT2D eigenvalue weighted by atomic mass is 35.5. The summed E-state index contributed by atoms with van der Waals surface area (Å²) in [6, 6.07) is 1.35. The van der Waals surface area contributed by atoms with Gasteiger partial charge in [-0.15, -0.1) is 0 Å². The van der Waals surface area contributed by atoms with Crippen LogP contribution in [-0.4, -0.2) is 41.4 Å². The Bertz CT molecular complexity index is 757. The van der Waals surface area contributed by atoms with Crippen LogP contribution in [0.25, 0.3) is 0 Å². The van der Waals surface area contributed by atoms with E-state index in [1.807, 2.05) is 0 Å². The first-order valence-corrected chi connectivity index (χ1v) is 9.16. The number of carbonyl (C=O) groups is 1. The first-order chi connectivity index (χ1) is 12.7. The number of nitro groups is 1. The van der Waals surface area contributed by atoms with Crippen LogP contribution >= 0.6 is 11.6 Å². The van der Waals surface area contributed by atoms with Gasteiger partial charge in [0.05, 0.1) is 15.5 Å². The number of alkyl halides is 3. The summed E-state index contributed by atoms with van der Waals surface area (Å²) in [7, 11) is 0. The molecule has 3 rings (SSSR count). The topological polar surface area (TPSA) is 66.7 Å². The smallest absolute Gasteiger partial charge is 0.361 e. The van der Waals surface area contributed by atoms with Crippen LogP contribution < -0.4 is 4.90 Å². The first kappa shape index (κ1) is 19.7. The van der Waals surface area contributed by atoms with Crippen LogP contribution in [0.1, 0.15) is 37.7 Å². The summed E-state index contributed by atoms with van der Waals surface area (Å²) < 4.78 is 39.3. The van der Waals surface area contributed by atoms with Gasteiger partial charge in [-0.3, -0.25) is 14.9 Å². The third kappa shape index (κ3) is 4.12. The number of anilines is 1. The molecule has 148 valence electrons. The predicted molar refractivity (Wildman–Crippen MR) is 93.9 cm³/mol. The van der Waals surface area contributed by atoms with E-state index in [-0.39, 0.29) is 17.6 Å². The molecule has 0 aliphatic carbocycles. The summed E-state index contributed by atoms with van der Waals surface area (Å²) in [4.78, 5) is 26.0. The van der Waals surface area contributed by atoms with E-state index in [2.05, 4.69) is 0 Å². The maximum Gasteiger partial charge on any atom is 0.418 e. The molecule has 2 fully saturated rings. The van der Waals surface area contributed by atoms with Gasteiger partial charge in [-0.25, -0.2) is 0 Å². The standard InChI is InChI=1S/C17H19ClF3N3O3/c18-13-9-14(15(24(26)27)8-12(13)17(19,20)21)23-7-2-1-4-11(23)10-22-6-3-5-16(22)25/h8-9,11H,1-7,10H2/t11-/m1/s1. The second-order valence-corrected chi connectivity index (χ2v) is 7.27. The lowest BCUT2D eigenvalue weighted by Gasteiger charge is -2.39. The third-order valence-corrected chi connectivity index (χ3v) is 5.42. The van der Waals surface area contributed by atoms with Gasteiger partial charge in [0, 0.05) is 38.2 Å². The number of hydrogen-bond acceptors (Lipinski definition) is 4. The molecule has 10 heteroatoms. The van der Waals surface area contributed by atoms with Crippen molar-refractivity contribution < 1.29 is 22.9 Å². The molecule has 2 heterocycles. The molecule has 2 saturated heterocycles. The number of amides is 1. The van der Waals surface area contributed by atoms with Crippen LogP contribution in [0.3, 0.4) is 0 Å². The van der Waals surface area contributed by atoms with Gasteiger partial charge in [0.25, 0.3) is 5.69 Å². The monoisotopic (exact) mass is 405 g/mol. The average molecular weight is 406 g/mol. The lowest BCUT2D eigenvalue weighted by Crippen LogP contribution is -2.47. The minimum Gasteiger partial charge on any atom is -0.361 e. The summed E-state index contributed by atoms with van der Waals surface area (Å²) in [6.07, 6.45) is -1.15. The fraction of sp³-hybridized carbons (Fsp3) is 0.588. The van der Waals surface area contributed by atoms with E-state index in [0.29, 0.717) is 38.5 Å². The van der Waals surface area contributed by atoms with E-state index in [1.54, 1.807) is 9.80 Å². The third-order valence-electron chi connectivity index (χ3n) is 5.11. The van der Waals surface area contributed by atoms with Crippen LogP contribution in [0.2, 0.25) is 5.02 Å². The normalized spacial score (nSPS) is 21.0. The Labute approximate surface area is 159 Å². The quantitative estimate of drug-likeness (QED) is 0.555. The van der Waals surface area contributed by atoms with Crippen LogP contribution in [0.4, 0.5) is 24.5 Å². The van der Waals surface area contributed by atoms with Gasteiger partial charge in [-0.2, -0.15) is 13.2 Å². The highest BCUT2D eigenvalue weighted by Crippen LogP contribution is 2.42. The van der Waals surface area contributed by atoms with Gasteiger partial charge in [0.2, 0.25) is 5.91 Å². The first-order valence-electron chi connectivity index (χ1n) is 8.78. The van der Waals surface area contributed by atoms with Crippen molar-refractivity contribution in [1.29, 1.82) is 0 Å². The van der Waals surface area contributed by atoms with E-state index in [0.717, 1.165) is 25.3 Å². The maximum absolute atomic E-state index is 13.1. The molecule has 0 bridgehead atoms. The number of piperidine rings is 1. The van der Waals surface area contributed by atoms with Gasteiger partial charge in [0.1, 0.15) is 5.69 Å². The predicted octanol–water partition coefficient (Wildman–Crippen LogP) is 4.25. The molecular weight excluding hydrogens is 387 g/mol. The van der Waals surface area contributed by atoms with Crippen molar-refractivity contribution in [1.82, 2.24) is 4.90 Å². The minimum absolute atomic E-state index is 0.0421. The number of hydrogen-bond donors (Lipinski definition) is 0. The average Bonchev–Trinajstić information content (AvgIpc) is 2.98. The maximum atomic E-state index is 13.1. The molecule has 1 aromatic carbocycles. The lowest BCUT2D eigenvalue weighted by atomic mass is 9.99. The molecule has 1 amide bonds. The highest BCUT2D eigenvalue weighted by molar-refractivity contribution is 6.31. The van der Waals surface area contributed by atoms with Gasteiger partial charge in [0.15, 0.2) is 0 Å². The number of nitro benzene ring substituents is 1. The van der Waals surface area contributed by atoms with E-state index in [9.17, 15) is 28.1 Å². The Morgan fingerprint density at radius 1 is 1.22 bits per heavy atom. The number of carbonyl (C=O) groups excluding carboxylic acids is 1. The van der Waals surface area contributed by atoms with Gasteiger partial charge in [-0.1, -0.05) is 11.6 Å². The molecule has 2 aliphatic heterocycles. The largest absolute Gasteiger partial charge is 0.418 e. The molecule has 0 spiro atoms. The zero-order valence-corrected chi connectivity index (χ0v) is 15.2. The van der Waals surface area contributed by atoms with Crippen molar-refractivity contribution in [2.24, 2.45) is 0 Å². The molecule has 0 radical (unpaired) electrons. The van der Waals surface area contributed by atoms with Crippen molar-refractivity contribution in [3.8, 4) is 0 Å². The summed E-state index contributed by atoms with van der Waals surface area (Å²) in [6.45, 7) is 1.52.